The van der Waals surface area contributed by atoms with E-state index in [1.165, 1.54) is 51.4 Å². The quantitative estimate of drug-likeness (QED) is 0.368. The van der Waals surface area contributed by atoms with Crippen LogP contribution in [0.5, 0.6) is 0 Å². The van der Waals surface area contributed by atoms with Gasteiger partial charge in [-0.25, -0.2) is 0 Å². The summed E-state index contributed by atoms with van der Waals surface area (Å²) in [6, 6.07) is 0. The third-order valence-electron chi connectivity index (χ3n) is 4.59. The van der Waals surface area contributed by atoms with Crippen LogP contribution >= 0.6 is 0 Å². The number of carbonyl (C=O) groups excluding carboxylic acids is 1. The van der Waals surface area contributed by atoms with E-state index in [2.05, 4.69) is 24.1 Å². The molecule has 0 spiro atoms. The third-order valence-corrected chi connectivity index (χ3v) is 4.59. The van der Waals surface area contributed by atoms with Gasteiger partial charge in [-0.2, -0.15) is 0 Å². The lowest BCUT2D eigenvalue weighted by Crippen LogP contribution is -2.35. The van der Waals surface area contributed by atoms with Crippen LogP contribution in [-0.2, 0) is 4.79 Å². The highest BCUT2D eigenvalue weighted by atomic mass is 16.2. The Hall–Kier alpha value is -0.610. The fraction of sp³-hybridized carbons (Fsp3) is 0.950. The molecular formula is C20H42N2O2. The van der Waals surface area contributed by atoms with Crippen LogP contribution in [0.1, 0.15) is 90.9 Å². The molecule has 0 aromatic heterocycles. The third kappa shape index (κ3) is 16.3. The first-order valence-electron chi connectivity index (χ1n) is 10.3. The first-order chi connectivity index (χ1) is 11.7. The molecule has 0 atom stereocenters. The number of nitrogens with zero attached hydrogens (tertiary/aromatic N) is 1. The number of aliphatic hydroxyl groups is 1. The standard InChI is InChI=1S/C20H42N2O2/c1-3-5-6-9-12-15-20(24)21-16-18-22(4-2)17-13-10-7-8-11-14-19-23/h23H,3-19H2,1-2H3,(H,21,24). The zero-order valence-electron chi connectivity index (χ0n) is 16.3. The maximum absolute atomic E-state index is 11.8. The van der Waals surface area contributed by atoms with Gasteiger partial charge in [-0.05, 0) is 32.4 Å². The SMILES string of the molecule is CCCCCCCC(=O)NCCN(CC)CCCCCCCCO. The normalized spacial score (nSPS) is 11.2. The maximum atomic E-state index is 11.8. The maximum Gasteiger partial charge on any atom is 0.220 e. The summed E-state index contributed by atoms with van der Waals surface area (Å²) in [5.74, 6) is 0.214. The van der Waals surface area contributed by atoms with Gasteiger partial charge in [0, 0.05) is 26.1 Å². The van der Waals surface area contributed by atoms with Gasteiger partial charge in [0.25, 0.3) is 0 Å². The second kappa shape index (κ2) is 18.7. The molecule has 0 saturated carbocycles. The van der Waals surface area contributed by atoms with E-state index in [1.54, 1.807) is 0 Å². The molecule has 0 unspecified atom stereocenters. The number of aliphatic hydroxyl groups excluding tert-OH is 1. The Bertz CT molecular complexity index is 272. The van der Waals surface area contributed by atoms with Crippen molar-refractivity contribution < 1.29 is 9.90 Å². The molecule has 0 fully saturated rings. The predicted octanol–water partition coefficient (Wildman–Crippen LogP) is 4.12. The average Bonchev–Trinajstić information content (AvgIpc) is 2.59. The molecule has 0 saturated heterocycles. The van der Waals surface area contributed by atoms with E-state index in [4.69, 9.17) is 5.11 Å². The van der Waals surface area contributed by atoms with E-state index in [9.17, 15) is 4.79 Å². The second-order valence-corrected chi connectivity index (χ2v) is 6.79. The summed E-state index contributed by atoms with van der Waals surface area (Å²) in [6.07, 6.45) is 13.8. The van der Waals surface area contributed by atoms with Gasteiger partial charge < -0.3 is 15.3 Å². The smallest absolute Gasteiger partial charge is 0.220 e. The number of amides is 1. The van der Waals surface area contributed by atoms with Crippen molar-refractivity contribution in [3.05, 3.63) is 0 Å². The summed E-state index contributed by atoms with van der Waals surface area (Å²) in [6.45, 7) is 8.65. The van der Waals surface area contributed by atoms with Crippen molar-refractivity contribution in [3.63, 3.8) is 0 Å². The zero-order chi connectivity index (χ0) is 17.9. The lowest BCUT2D eigenvalue weighted by atomic mass is 10.1. The van der Waals surface area contributed by atoms with E-state index in [1.807, 2.05) is 0 Å². The molecule has 2 N–H and O–H groups in total. The minimum Gasteiger partial charge on any atom is -0.396 e. The molecule has 0 radical (unpaired) electrons. The molecule has 24 heavy (non-hydrogen) atoms. The molecule has 4 heteroatoms. The molecule has 144 valence electrons. The van der Waals surface area contributed by atoms with E-state index < -0.39 is 0 Å². The van der Waals surface area contributed by atoms with E-state index >= 15 is 0 Å². The van der Waals surface area contributed by atoms with Gasteiger partial charge in [0.2, 0.25) is 5.91 Å². The summed E-state index contributed by atoms with van der Waals surface area (Å²) >= 11 is 0. The van der Waals surface area contributed by atoms with Gasteiger partial charge in [-0.3, -0.25) is 4.79 Å². The van der Waals surface area contributed by atoms with Crippen molar-refractivity contribution in [2.45, 2.75) is 90.9 Å². The molecule has 0 aromatic rings. The number of hydrogen-bond acceptors (Lipinski definition) is 3. The highest BCUT2D eigenvalue weighted by molar-refractivity contribution is 5.75. The van der Waals surface area contributed by atoms with Crippen LogP contribution in [-0.4, -0.2) is 48.7 Å². The zero-order valence-corrected chi connectivity index (χ0v) is 16.3. The van der Waals surface area contributed by atoms with Crippen LogP contribution < -0.4 is 5.32 Å². The summed E-state index contributed by atoms with van der Waals surface area (Å²) in [5.41, 5.74) is 0. The Labute approximate surface area is 150 Å². The van der Waals surface area contributed by atoms with Crippen LogP contribution in [0.25, 0.3) is 0 Å². The predicted molar refractivity (Wildman–Crippen MR) is 103 cm³/mol. The Balaban J connectivity index is 3.48. The Kier molecular flexibility index (Phi) is 18.2. The Morgan fingerprint density at radius 2 is 1.46 bits per heavy atom. The van der Waals surface area contributed by atoms with Crippen molar-refractivity contribution in [3.8, 4) is 0 Å². The molecule has 0 bridgehead atoms. The van der Waals surface area contributed by atoms with E-state index in [0.29, 0.717) is 13.0 Å². The molecular weight excluding hydrogens is 300 g/mol. The molecule has 0 aliphatic rings. The number of hydrogen-bond donors (Lipinski definition) is 2. The molecule has 0 aromatic carbocycles. The van der Waals surface area contributed by atoms with Crippen LogP contribution in [0.3, 0.4) is 0 Å². The first kappa shape index (κ1) is 23.4. The van der Waals surface area contributed by atoms with Gasteiger partial charge in [0.15, 0.2) is 0 Å². The molecule has 4 nitrogen and oxygen atoms in total. The van der Waals surface area contributed by atoms with Gasteiger partial charge in [-0.1, -0.05) is 65.2 Å². The Morgan fingerprint density at radius 1 is 0.833 bits per heavy atom. The fourth-order valence-electron chi connectivity index (χ4n) is 2.91. The average molecular weight is 343 g/mol. The minimum absolute atomic E-state index is 0.214. The number of likely N-dealkylation sites (N-methyl/N-ethyl adjacent to an activating group) is 1. The van der Waals surface area contributed by atoms with E-state index in [0.717, 1.165) is 45.4 Å². The van der Waals surface area contributed by atoms with Gasteiger partial charge in [0.05, 0.1) is 0 Å². The van der Waals surface area contributed by atoms with Gasteiger partial charge in [-0.15, -0.1) is 0 Å². The lowest BCUT2D eigenvalue weighted by molar-refractivity contribution is -0.121. The topological polar surface area (TPSA) is 52.6 Å². The molecule has 0 aliphatic carbocycles. The van der Waals surface area contributed by atoms with Crippen molar-refractivity contribution >= 4 is 5.91 Å². The van der Waals surface area contributed by atoms with Gasteiger partial charge >= 0.3 is 0 Å². The molecule has 0 aliphatic heterocycles. The lowest BCUT2D eigenvalue weighted by Gasteiger charge is -2.20. The van der Waals surface area contributed by atoms with Crippen LogP contribution in [0.2, 0.25) is 0 Å². The summed E-state index contributed by atoms with van der Waals surface area (Å²) < 4.78 is 0. The summed E-state index contributed by atoms with van der Waals surface area (Å²) in [5, 5.41) is 11.8. The van der Waals surface area contributed by atoms with Crippen LogP contribution in [0.15, 0.2) is 0 Å². The minimum atomic E-state index is 0.214. The van der Waals surface area contributed by atoms with Crippen molar-refractivity contribution in [1.82, 2.24) is 10.2 Å². The monoisotopic (exact) mass is 342 g/mol. The molecule has 0 heterocycles. The number of nitrogens with one attached hydrogen (secondary N) is 1. The highest BCUT2D eigenvalue weighted by Crippen LogP contribution is 2.06. The molecule has 0 rings (SSSR count). The summed E-state index contributed by atoms with van der Waals surface area (Å²) in [7, 11) is 0. The first-order valence-corrected chi connectivity index (χ1v) is 10.3. The number of carbonyl (C=O) groups is 1. The number of unbranched alkanes of at least 4 members (excludes halogenated alkanes) is 9. The molecule has 1 amide bonds. The fourth-order valence-corrected chi connectivity index (χ4v) is 2.91. The van der Waals surface area contributed by atoms with Crippen LogP contribution in [0.4, 0.5) is 0 Å². The van der Waals surface area contributed by atoms with Crippen molar-refractivity contribution in [2.75, 3.05) is 32.8 Å². The Morgan fingerprint density at radius 3 is 2.12 bits per heavy atom. The van der Waals surface area contributed by atoms with Crippen LogP contribution in [0, 0.1) is 0 Å². The number of rotatable bonds is 18. The van der Waals surface area contributed by atoms with Crippen molar-refractivity contribution in [2.24, 2.45) is 0 Å². The van der Waals surface area contributed by atoms with E-state index in [-0.39, 0.29) is 5.91 Å². The highest BCUT2D eigenvalue weighted by Gasteiger charge is 2.04. The second-order valence-electron chi connectivity index (χ2n) is 6.79. The largest absolute Gasteiger partial charge is 0.396 e. The van der Waals surface area contributed by atoms with Crippen molar-refractivity contribution in [1.29, 1.82) is 0 Å². The summed E-state index contributed by atoms with van der Waals surface area (Å²) in [4.78, 5) is 14.2. The van der Waals surface area contributed by atoms with Gasteiger partial charge in [0.1, 0.15) is 0 Å².